The Kier molecular flexibility index (Phi) is 5.00. The Morgan fingerprint density at radius 1 is 1.30 bits per heavy atom. The quantitative estimate of drug-likeness (QED) is 0.101. The van der Waals surface area contributed by atoms with Gasteiger partial charge in [-0.1, -0.05) is 0 Å². The van der Waals surface area contributed by atoms with Crippen LogP contribution in [0, 0.1) is 0 Å². The van der Waals surface area contributed by atoms with Crippen LogP contribution >= 0.6 is 0 Å². The molecular weight excluding hydrogens is 458 g/mol. The summed E-state index contributed by atoms with van der Waals surface area (Å²) in [5.41, 5.74) is 9.42. The Labute approximate surface area is 168 Å². The number of rotatable bonds is 5. The highest BCUT2D eigenvalue weighted by Crippen LogP contribution is 2.42. The molecule has 3 rings (SSSR count). The van der Waals surface area contributed by atoms with Crippen molar-refractivity contribution in [2.75, 3.05) is 13.2 Å². The van der Waals surface area contributed by atoms with E-state index in [2.05, 4.69) is 24.5 Å². The highest BCUT2D eigenvalue weighted by Gasteiger charge is 2.76. The van der Waals surface area contributed by atoms with E-state index in [1.807, 2.05) is 0 Å². The standard InChI is InChI=1S/C10H17N7O11S2/c11-6-14-5-3(2-27-8(18)16-29(21,22)23)13-7(12)17-1-4(28-30(24,25)26)10(19,20)9(5,17)15-6/h3-5,19-20H,1-2H2,(H8,11,12,13,14,15,16,18,21,22,23,24,25,26)/p+1/t3?,4-,5?,9?/m0/s1. The number of hydrogen-bond acceptors (Lipinski definition) is 14. The normalized spacial score (nSPS) is 32.4. The first kappa shape index (κ1) is 22.2. The van der Waals surface area contributed by atoms with Gasteiger partial charge < -0.3 is 26.0 Å². The maximum Gasteiger partial charge on any atom is 0.422 e. The summed E-state index contributed by atoms with van der Waals surface area (Å²) in [5, 5.41) is 26.6. The molecule has 3 aliphatic heterocycles. The van der Waals surface area contributed by atoms with Gasteiger partial charge in [-0.25, -0.2) is 18.5 Å². The lowest BCUT2D eigenvalue weighted by atomic mass is 9.86. The van der Waals surface area contributed by atoms with E-state index in [0.717, 1.165) is 9.30 Å². The van der Waals surface area contributed by atoms with Gasteiger partial charge >= 0.3 is 32.8 Å². The molecule has 0 bridgehead atoms. The number of guanidine groups is 2. The second-order valence-corrected chi connectivity index (χ2v) is 8.71. The first-order valence-electron chi connectivity index (χ1n) is 7.87. The molecule has 1 fully saturated rings. The van der Waals surface area contributed by atoms with E-state index in [4.69, 9.17) is 20.6 Å². The van der Waals surface area contributed by atoms with Crippen molar-refractivity contribution in [3.05, 3.63) is 0 Å². The predicted molar refractivity (Wildman–Crippen MR) is 92.1 cm³/mol. The molecule has 0 aliphatic carbocycles. The molecule has 1 amide bonds. The molecule has 0 radical (unpaired) electrons. The maximum absolute atomic E-state index is 11.5. The average molecular weight is 476 g/mol. The molecule has 20 heteroatoms. The summed E-state index contributed by atoms with van der Waals surface area (Å²) in [5.74, 6) is -3.67. The van der Waals surface area contributed by atoms with Gasteiger partial charge in [0.25, 0.3) is 5.79 Å². The maximum atomic E-state index is 11.5. The van der Waals surface area contributed by atoms with Crippen molar-refractivity contribution in [2.45, 2.75) is 29.6 Å². The largest absolute Gasteiger partial charge is 0.445 e. The van der Waals surface area contributed by atoms with Crippen molar-refractivity contribution in [3.63, 3.8) is 0 Å². The third-order valence-electron chi connectivity index (χ3n) is 4.66. The molecule has 0 aromatic carbocycles. The molecule has 1 spiro atoms. The summed E-state index contributed by atoms with van der Waals surface area (Å²) in [4.78, 5) is 15.4. The molecule has 0 saturated carbocycles. The van der Waals surface area contributed by atoms with Crippen LogP contribution in [-0.2, 0) is 29.6 Å². The Morgan fingerprint density at radius 2 is 1.93 bits per heavy atom. The molecule has 3 unspecified atom stereocenters. The number of amides is 1. The fraction of sp³-hybridized carbons (Fsp3) is 0.700. The van der Waals surface area contributed by atoms with Gasteiger partial charge in [0.1, 0.15) is 19.2 Å². The van der Waals surface area contributed by atoms with Crippen LogP contribution in [0.4, 0.5) is 4.79 Å². The number of aliphatic hydroxyl groups is 2. The summed E-state index contributed by atoms with van der Waals surface area (Å²) >= 11 is 0. The van der Waals surface area contributed by atoms with E-state index in [0.29, 0.717) is 0 Å². The predicted octanol–water partition coefficient (Wildman–Crippen LogP) is -6.32. The number of nitrogens with one attached hydrogen (secondary N) is 3. The smallest absolute Gasteiger partial charge is 0.422 e. The molecule has 30 heavy (non-hydrogen) atoms. The number of hydrogen-bond donors (Lipinski definition) is 9. The van der Waals surface area contributed by atoms with E-state index in [1.54, 1.807) is 0 Å². The number of carbonyl (C=O) groups excluding carboxylic acids is 1. The second kappa shape index (κ2) is 6.76. The third kappa shape index (κ3) is 3.68. The number of aliphatic imine (C=N–C) groups is 1. The molecular formula is C10H18N7O11S2+. The van der Waals surface area contributed by atoms with Crippen molar-refractivity contribution in [3.8, 4) is 0 Å². The minimum atomic E-state index is -5.11. The van der Waals surface area contributed by atoms with Crippen molar-refractivity contribution in [1.82, 2.24) is 15.4 Å². The molecule has 3 heterocycles. The van der Waals surface area contributed by atoms with Crippen LogP contribution in [0.15, 0.2) is 4.99 Å². The van der Waals surface area contributed by atoms with Crippen LogP contribution < -0.4 is 26.8 Å². The fourth-order valence-corrected chi connectivity index (χ4v) is 4.41. The number of nitrogens with zero attached hydrogens (tertiary/aromatic N) is 2. The van der Waals surface area contributed by atoms with E-state index >= 15 is 0 Å². The molecule has 11 N–H and O–H groups in total. The Balaban J connectivity index is 1.93. The lowest BCUT2D eigenvalue weighted by Crippen LogP contribution is -2.78. The molecule has 3 aliphatic rings. The summed E-state index contributed by atoms with van der Waals surface area (Å²) in [6.07, 6.45) is -3.51. The van der Waals surface area contributed by atoms with Crippen molar-refractivity contribution in [2.24, 2.45) is 16.5 Å². The molecule has 0 aromatic rings. The van der Waals surface area contributed by atoms with Crippen molar-refractivity contribution in [1.29, 1.82) is 0 Å². The first-order chi connectivity index (χ1) is 13.6. The zero-order valence-corrected chi connectivity index (χ0v) is 16.3. The summed E-state index contributed by atoms with van der Waals surface area (Å²) in [7, 11) is -10.0. The highest BCUT2D eigenvalue weighted by atomic mass is 32.3. The van der Waals surface area contributed by atoms with Crippen LogP contribution in [0.3, 0.4) is 0 Å². The van der Waals surface area contributed by atoms with Crippen molar-refractivity contribution >= 4 is 38.7 Å². The van der Waals surface area contributed by atoms with Gasteiger partial charge in [0.15, 0.2) is 18.1 Å². The molecule has 18 nitrogen and oxygen atoms in total. The zero-order chi connectivity index (χ0) is 22.7. The first-order valence-corrected chi connectivity index (χ1v) is 10.7. The average Bonchev–Trinajstić information content (AvgIpc) is 2.99. The summed E-state index contributed by atoms with van der Waals surface area (Å²) in [6.45, 7) is -1.23. The van der Waals surface area contributed by atoms with Crippen LogP contribution in [0.1, 0.15) is 0 Å². The molecule has 4 atom stereocenters. The number of ether oxygens (including phenoxy) is 1. The number of nitrogens with two attached hydrogens (primary N) is 2. The van der Waals surface area contributed by atoms with E-state index in [-0.39, 0.29) is 11.9 Å². The summed E-state index contributed by atoms with van der Waals surface area (Å²) < 4.78 is 72.2. The van der Waals surface area contributed by atoms with Gasteiger partial charge in [0, 0.05) is 0 Å². The van der Waals surface area contributed by atoms with Crippen LogP contribution in [0.2, 0.25) is 0 Å². The van der Waals surface area contributed by atoms with Gasteiger partial charge in [-0.15, -0.1) is 0 Å². The summed E-state index contributed by atoms with van der Waals surface area (Å²) in [6, 6.07) is -2.46. The van der Waals surface area contributed by atoms with Crippen LogP contribution in [0.5, 0.6) is 0 Å². The second-order valence-electron chi connectivity index (χ2n) is 6.51. The minimum absolute atomic E-state index is 0.277. The lowest BCUT2D eigenvalue weighted by Gasteiger charge is -2.43. The molecule has 1 saturated heterocycles. The number of carbonyl (C=O) groups is 1. The van der Waals surface area contributed by atoms with Gasteiger partial charge in [0.05, 0.1) is 0 Å². The van der Waals surface area contributed by atoms with Crippen molar-refractivity contribution < 1.29 is 54.4 Å². The van der Waals surface area contributed by atoms with E-state index in [9.17, 15) is 31.8 Å². The fourth-order valence-electron chi connectivity index (χ4n) is 3.66. The monoisotopic (exact) mass is 476 g/mol. The SMILES string of the molecule is NC1=NC2C(COC(=O)NS(=O)(=O)O)NC(N)=[N+]3C[C@H](OS(=O)(=O)O)C(O)(O)C23N1. The van der Waals surface area contributed by atoms with Gasteiger partial charge in [0.2, 0.25) is 5.66 Å². The molecule has 0 aromatic heterocycles. The molecule has 170 valence electrons. The van der Waals surface area contributed by atoms with E-state index in [1.165, 1.54) is 0 Å². The van der Waals surface area contributed by atoms with Gasteiger partial charge in [-0.2, -0.15) is 21.6 Å². The van der Waals surface area contributed by atoms with Gasteiger partial charge in [-0.3, -0.25) is 20.2 Å². The zero-order valence-electron chi connectivity index (χ0n) is 14.7. The Bertz CT molecular complexity index is 1040. The van der Waals surface area contributed by atoms with Crippen LogP contribution in [0.25, 0.3) is 0 Å². The Morgan fingerprint density at radius 3 is 2.50 bits per heavy atom. The van der Waals surface area contributed by atoms with Crippen LogP contribution in [-0.4, -0.2) is 102 Å². The third-order valence-corrected chi connectivity index (χ3v) is 5.56. The lowest BCUT2D eigenvalue weighted by molar-refractivity contribution is -0.623. The van der Waals surface area contributed by atoms with E-state index < -0.39 is 69.6 Å². The minimum Gasteiger partial charge on any atom is -0.445 e. The topological polar surface area (TPSA) is 288 Å². The van der Waals surface area contributed by atoms with Gasteiger partial charge in [-0.05, 0) is 0 Å². The highest BCUT2D eigenvalue weighted by molar-refractivity contribution is 7.84. The Hall–Kier alpha value is -2.49.